The Morgan fingerprint density at radius 1 is 1.17 bits per heavy atom. The van der Waals surface area contributed by atoms with Crippen molar-refractivity contribution in [1.29, 1.82) is 0 Å². The number of amides is 1. The second-order valence-electron chi connectivity index (χ2n) is 4.86. The highest BCUT2D eigenvalue weighted by molar-refractivity contribution is 6.31. The number of carbonyl (C=O) groups is 2. The molecule has 0 fully saturated rings. The number of ether oxygens (including phenoxy) is 1. The molecule has 0 radical (unpaired) electrons. The number of halogens is 2. The van der Waals surface area contributed by atoms with Gasteiger partial charge in [-0.1, -0.05) is 29.3 Å². The van der Waals surface area contributed by atoms with Gasteiger partial charge in [-0.15, -0.1) is 0 Å². The number of esters is 1. The van der Waals surface area contributed by atoms with Crippen molar-refractivity contribution >= 4 is 40.8 Å². The summed E-state index contributed by atoms with van der Waals surface area (Å²) in [5.74, 6) is -1.19. The number of anilines is 1. The maximum atomic E-state index is 12.1. The van der Waals surface area contributed by atoms with Gasteiger partial charge < -0.3 is 10.1 Å². The van der Waals surface area contributed by atoms with E-state index in [9.17, 15) is 9.59 Å². The molecule has 2 aromatic rings. The number of nitrogens with one attached hydrogen (secondary N) is 1. The smallest absolute Gasteiger partial charge is 0.357 e. The minimum Gasteiger partial charge on any atom is -0.448 e. The van der Waals surface area contributed by atoms with E-state index in [1.807, 2.05) is 6.92 Å². The minimum atomic E-state index is -0.998. The normalized spacial score (nSPS) is 11.7. The average Bonchev–Trinajstić information content (AvgIpc) is 2.50. The number of rotatable bonds is 4. The highest BCUT2D eigenvalue weighted by Crippen LogP contribution is 2.20. The Kier molecular flexibility index (Phi) is 5.58. The Balaban J connectivity index is 2.02. The molecule has 23 heavy (non-hydrogen) atoms. The quantitative estimate of drug-likeness (QED) is 0.847. The molecule has 0 aliphatic heterocycles. The zero-order valence-corrected chi connectivity index (χ0v) is 14.0. The summed E-state index contributed by atoms with van der Waals surface area (Å²) in [5, 5.41) is 3.53. The molecule has 0 spiro atoms. The molecule has 0 saturated heterocycles. The number of benzene rings is 1. The number of hydrogen-bond acceptors (Lipinski definition) is 4. The van der Waals surface area contributed by atoms with Crippen LogP contribution in [-0.2, 0) is 9.53 Å². The van der Waals surface area contributed by atoms with Crippen molar-refractivity contribution < 1.29 is 14.3 Å². The van der Waals surface area contributed by atoms with Gasteiger partial charge in [-0.05, 0) is 43.7 Å². The molecule has 120 valence electrons. The van der Waals surface area contributed by atoms with Crippen molar-refractivity contribution in [3.05, 3.63) is 57.8 Å². The molecular formula is C16H14Cl2N2O3. The molecular weight excluding hydrogens is 339 g/mol. The molecule has 0 unspecified atom stereocenters. The van der Waals surface area contributed by atoms with Gasteiger partial charge in [0.15, 0.2) is 6.10 Å². The summed E-state index contributed by atoms with van der Waals surface area (Å²) in [6, 6.07) is 8.04. The van der Waals surface area contributed by atoms with E-state index in [2.05, 4.69) is 10.3 Å². The lowest BCUT2D eigenvalue weighted by atomic mass is 10.2. The van der Waals surface area contributed by atoms with Crippen LogP contribution < -0.4 is 5.32 Å². The Hall–Kier alpha value is -2.11. The van der Waals surface area contributed by atoms with E-state index in [1.165, 1.54) is 25.3 Å². The molecule has 7 heteroatoms. The highest BCUT2D eigenvalue weighted by atomic mass is 35.5. The minimum absolute atomic E-state index is 0.0380. The van der Waals surface area contributed by atoms with Crippen molar-refractivity contribution in [3.8, 4) is 0 Å². The van der Waals surface area contributed by atoms with E-state index >= 15 is 0 Å². The van der Waals surface area contributed by atoms with Crippen LogP contribution in [0.4, 0.5) is 5.69 Å². The summed E-state index contributed by atoms with van der Waals surface area (Å²) in [6.07, 6.45) is 0.389. The monoisotopic (exact) mass is 352 g/mol. The van der Waals surface area contributed by atoms with Crippen molar-refractivity contribution in [2.24, 2.45) is 0 Å². The van der Waals surface area contributed by atoms with Gasteiger partial charge in [-0.2, -0.15) is 0 Å². The van der Waals surface area contributed by atoms with Gasteiger partial charge in [-0.3, -0.25) is 4.79 Å². The van der Waals surface area contributed by atoms with Crippen molar-refractivity contribution in [2.75, 3.05) is 5.32 Å². The van der Waals surface area contributed by atoms with Crippen LogP contribution in [0.5, 0.6) is 0 Å². The van der Waals surface area contributed by atoms with Crippen LogP contribution in [0.2, 0.25) is 10.0 Å². The summed E-state index contributed by atoms with van der Waals surface area (Å²) in [7, 11) is 0. The molecule has 0 aliphatic rings. The van der Waals surface area contributed by atoms with Gasteiger partial charge in [0.2, 0.25) is 0 Å². The Labute approximate surface area is 143 Å². The van der Waals surface area contributed by atoms with E-state index < -0.39 is 18.0 Å². The molecule has 0 saturated carbocycles. The van der Waals surface area contributed by atoms with Crippen molar-refractivity contribution in [1.82, 2.24) is 4.98 Å². The molecule has 1 N–H and O–H groups in total. The predicted octanol–water partition coefficient (Wildman–Crippen LogP) is 3.88. The fourth-order valence-electron chi connectivity index (χ4n) is 1.75. The first-order valence-corrected chi connectivity index (χ1v) is 7.52. The lowest BCUT2D eigenvalue weighted by Crippen LogP contribution is -2.30. The van der Waals surface area contributed by atoms with Crippen LogP contribution in [0.25, 0.3) is 0 Å². The molecule has 5 nitrogen and oxygen atoms in total. The molecule has 0 aliphatic carbocycles. The summed E-state index contributed by atoms with van der Waals surface area (Å²) < 4.78 is 5.09. The Morgan fingerprint density at radius 2 is 1.87 bits per heavy atom. The first-order chi connectivity index (χ1) is 10.9. The zero-order chi connectivity index (χ0) is 17.0. The number of hydrogen-bond donors (Lipinski definition) is 1. The maximum absolute atomic E-state index is 12.1. The van der Waals surface area contributed by atoms with Crippen LogP contribution in [0.3, 0.4) is 0 Å². The Bertz CT molecular complexity index is 750. The summed E-state index contributed by atoms with van der Waals surface area (Å²) in [6.45, 7) is 3.30. The fraction of sp³-hybridized carbons (Fsp3) is 0.188. The third kappa shape index (κ3) is 4.68. The number of aromatic nitrogens is 1. The average molecular weight is 353 g/mol. The molecule has 2 rings (SSSR count). The summed E-state index contributed by atoms with van der Waals surface area (Å²) in [5.41, 5.74) is 1.44. The summed E-state index contributed by atoms with van der Waals surface area (Å²) in [4.78, 5) is 27.9. The fourth-order valence-corrected chi connectivity index (χ4v) is 2.09. The van der Waals surface area contributed by atoms with Crippen LogP contribution in [-0.4, -0.2) is 23.0 Å². The van der Waals surface area contributed by atoms with Crippen molar-refractivity contribution in [2.45, 2.75) is 20.0 Å². The molecule has 1 atom stereocenters. The van der Waals surface area contributed by atoms with E-state index in [0.717, 1.165) is 5.56 Å². The second-order valence-corrected chi connectivity index (χ2v) is 5.73. The molecule has 1 amide bonds. The SMILES string of the molecule is Cc1ccc(Cl)cc1NC(=O)[C@H](C)OC(=O)c1cc(Cl)ccn1. The van der Waals surface area contributed by atoms with E-state index in [-0.39, 0.29) is 5.69 Å². The second kappa shape index (κ2) is 7.44. The maximum Gasteiger partial charge on any atom is 0.357 e. The topological polar surface area (TPSA) is 68.3 Å². The van der Waals surface area contributed by atoms with Crippen LogP contribution >= 0.6 is 23.2 Å². The standard InChI is InChI=1S/C16H14Cl2N2O3/c1-9-3-4-11(17)7-13(9)20-15(21)10(2)23-16(22)14-8-12(18)5-6-19-14/h3-8,10H,1-2H3,(H,20,21)/t10-/m0/s1. The van der Waals surface area contributed by atoms with Gasteiger partial charge in [0.25, 0.3) is 5.91 Å². The first kappa shape index (κ1) is 17.2. The molecule has 1 aromatic carbocycles. The molecule has 1 heterocycles. The van der Waals surface area contributed by atoms with Crippen molar-refractivity contribution in [3.63, 3.8) is 0 Å². The van der Waals surface area contributed by atoms with Crippen LogP contribution in [0.1, 0.15) is 23.0 Å². The van der Waals surface area contributed by atoms with E-state index in [0.29, 0.717) is 15.7 Å². The van der Waals surface area contributed by atoms with Crippen LogP contribution in [0.15, 0.2) is 36.5 Å². The van der Waals surface area contributed by atoms with Gasteiger partial charge in [0, 0.05) is 21.9 Å². The van der Waals surface area contributed by atoms with E-state index in [4.69, 9.17) is 27.9 Å². The van der Waals surface area contributed by atoms with E-state index in [1.54, 1.807) is 18.2 Å². The third-order valence-corrected chi connectivity index (χ3v) is 3.51. The number of pyridine rings is 1. The van der Waals surface area contributed by atoms with Gasteiger partial charge in [0.1, 0.15) is 5.69 Å². The lowest BCUT2D eigenvalue weighted by Gasteiger charge is -2.14. The number of nitrogens with zero attached hydrogens (tertiary/aromatic N) is 1. The zero-order valence-electron chi connectivity index (χ0n) is 12.5. The Morgan fingerprint density at radius 3 is 2.57 bits per heavy atom. The third-order valence-electron chi connectivity index (χ3n) is 3.04. The lowest BCUT2D eigenvalue weighted by molar-refractivity contribution is -0.123. The summed E-state index contributed by atoms with van der Waals surface area (Å²) >= 11 is 11.7. The van der Waals surface area contributed by atoms with Crippen LogP contribution in [0, 0.1) is 6.92 Å². The number of aryl methyl sites for hydroxylation is 1. The van der Waals surface area contributed by atoms with Gasteiger partial charge in [-0.25, -0.2) is 9.78 Å². The first-order valence-electron chi connectivity index (χ1n) is 6.76. The predicted molar refractivity (Wildman–Crippen MR) is 88.9 cm³/mol. The molecule has 1 aromatic heterocycles. The molecule has 0 bridgehead atoms. The highest BCUT2D eigenvalue weighted by Gasteiger charge is 2.20. The van der Waals surface area contributed by atoms with Gasteiger partial charge >= 0.3 is 5.97 Å². The largest absolute Gasteiger partial charge is 0.448 e. The number of carbonyl (C=O) groups excluding carboxylic acids is 2. The van der Waals surface area contributed by atoms with Gasteiger partial charge in [0.05, 0.1) is 0 Å².